The molecule has 2 aromatic rings. The third-order valence-corrected chi connectivity index (χ3v) is 4.19. The van der Waals surface area contributed by atoms with Gasteiger partial charge >= 0.3 is 0 Å². The predicted molar refractivity (Wildman–Crippen MR) is 82.5 cm³/mol. The summed E-state index contributed by atoms with van der Waals surface area (Å²) in [6, 6.07) is 12.8. The highest BCUT2D eigenvalue weighted by Crippen LogP contribution is 2.16. The van der Waals surface area contributed by atoms with Crippen LogP contribution in [0, 0.1) is 6.92 Å². The van der Waals surface area contributed by atoms with Crippen LogP contribution < -0.4 is 5.32 Å². The Morgan fingerprint density at radius 2 is 2.05 bits per heavy atom. The molecule has 0 radical (unpaired) electrons. The molecule has 1 heterocycles. The fourth-order valence-electron chi connectivity index (χ4n) is 1.94. The van der Waals surface area contributed by atoms with Crippen LogP contribution in [0.1, 0.15) is 29.9 Å². The maximum absolute atomic E-state index is 5.37. The van der Waals surface area contributed by atoms with Crippen molar-refractivity contribution in [2.24, 2.45) is 0 Å². The van der Waals surface area contributed by atoms with E-state index in [1.807, 2.05) is 23.9 Å². The Kier molecular flexibility index (Phi) is 5.55. The molecule has 1 atom stereocenters. The molecule has 1 aromatic carbocycles. The lowest BCUT2D eigenvalue weighted by atomic mass is 10.1. The van der Waals surface area contributed by atoms with E-state index in [1.165, 1.54) is 11.1 Å². The van der Waals surface area contributed by atoms with Crippen molar-refractivity contribution in [3.63, 3.8) is 0 Å². The van der Waals surface area contributed by atoms with Gasteiger partial charge in [-0.2, -0.15) is 11.8 Å². The lowest BCUT2D eigenvalue weighted by Crippen LogP contribution is -2.20. The van der Waals surface area contributed by atoms with Crippen molar-refractivity contribution >= 4 is 11.8 Å². The second-order valence-corrected chi connectivity index (χ2v) is 5.78. The zero-order valence-electron chi connectivity index (χ0n) is 11.6. The second-order valence-electron chi connectivity index (χ2n) is 4.67. The molecule has 0 saturated heterocycles. The number of hydrogen-bond acceptors (Lipinski definition) is 3. The molecule has 1 aromatic heterocycles. The summed E-state index contributed by atoms with van der Waals surface area (Å²) in [4.78, 5) is 0. The minimum absolute atomic E-state index is 0.286. The Labute approximate surface area is 119 Å². The van der Waals surface area contributed by atoms with Gasteiger partial charge in [0, 0.05) is 18.1 Å². The van der Waals surface area contributed by atoms with Crippen molar-refractivity contribution in [2.75, 3.05) is 12.3 Å². The molecule has 0 fully saturated rings. The number of benzene rings is 1. The first-order chi connectivity index (χ1) is 9.27. The zero-order valence-corrected chi connectivity index (χ0v) is 12.4. The predicted octanol–water partition coefficient (Wildman–Crippen LogP) is 4.17. The van der Waals surface area contributed by atoms with Gasteiger partial charge in [0.15, 0.2) is 0 Å². The van der Waals surface area contributed by atoms with Gasteiger partial charge in [0.1, 0.15) is 5.76 Å². The summed E-state index contributed by atoms with van der Waals surface area (Å²) >= 11 is 1.97. The number of furan rings is 1. The van der Waals surface area contributed by atoms with Crippen LogP contribution in [0.25, 0.3) is 0 Å². The van der Waals surface area contributed by atoms with Gasteiger partial charge in [-0.25, -0.2) is 0 Å². The lowest BCUT2D eigenvalue weighted by Gasteiger charge is -2.11. The maximum Gasteiger partial charge on any atom is 0.120 e. The molecule has 3 heteroatoms. The van der Waals surface area contributed by atoms with E-state index < -0.39 is 0 Å². The molecule has 1 unspecified atom stereocenters. The minimum Gasteiger partial charge on any atom is -0.468 e. The molecular formula is C16H21NOS. The molecule has 2 nitrogen and oxygen atoms in total. The largest absolute Gasteiger partial charge is 0.468 e. The summed E-state index contributed by atoms with van der Waals surface area (Å²) in [5.41, 5.74) is 2.82. The molecule has 0 bridgehead atoms. The minimum atomic E-state index is 0.286. The molecule has 0 aliphatic rings. The van der Waals surface area contributed by atoms with Gasteiger partial charge < -0.3 is 9.73 Å². The van der Waals surface area contributed by atoms with Crippen LogP contribution in [0.5, 0.6) is 0 Å². The average Bonchev–Trinajstić information content (AvgIpc) is 2.94. The summed E-state index contributed by atoms with van der Waals surface area (Å²) in [6.07, 6.45) is 1.72. The molecule has 19 heavy (non-hydrogen) atoms. The quantitative estimate of drug-likeness (QED) is 0.768. The number of hydrogen-bond donors (Lipinski definition) is 1. The molecule has 0 aliphatic carbocycles. The summed E-state index contributed by atoms with van der Waals surface area (Å²) < 4.78 is 5.37. The molecule has 0 amide bonds. The van der Waals surface area contributed by atoms with Gasteiger partial charge in [-0.05, 0) is 37.1 Å². The van der Waals surface area contributed by atoms with Gasteiger partial charge in [-0.3, -0.25) is 0 Å². The molecule has 0 saturated carbocycles. The third-order valence-electron chi connectivity index (χ3n) is 3.19. The summed E-state index contributed by atoms with van der Waals surface area (Å²) in [7, 11) is 0. The SMILES string of the molecule is Cc1ccccc1CSCCNC(C)c1ccco1. The topological polar surface area (TPSA) is 25.2 Å². The summed E-state index contributed by atoms with van der Waals surface area (Å²) in [6.45, 7) is 5.30. The van der Waals surface area contributed by atoms with Gasteiger partial charge in [-0.1, -0.05) is 24.3 Å². The highest BCUT2D eigenvalue weighted by Gasteiger charge is 2.06. The number of aryl methyl sites for hydroxylation is 1. The molecule has 102 valence electrons. The van der Waals surface area contributed by atoms with Crippen LogP contribution in [0.15, 0.2) is 47.1 Å². The molecule has 0 spiro atoms. The monoisotopic (exact) mass is 275 g/mol. The first kappa shape index (κ1) is 14.2. The normalized spacial score (nSPS) is 12.5. The molecule has 1 N–H and O–H groups in total. The standard InChI is InChI=1S/C16H21NOS/c1-13-6-3-4-7-15(13)12-19-11-9-17-14(2)16-8-5-10-18-16/h3-8,10,14,17H,9,11-12H2,1-2H3. The van der Waals surface area contributed by atoms with Crippen molar-refractivity contribution in [3.8, 4) is 0 Å². The highest BCUT2D eigenvalue weighted by atomic mass is 32.2. The van der Waals surface area contributed by atoms with E-state index in [0.717, 1.165) is 23.8 Å². The van der Waals surface area contributed by atoms with Crippen molar-refractivity contribution < 1.29 is 4.42 Å². The van der Waals surface area contributed by atoms with Crippen molar-refractivity contribution in [1.82, 2.24) is 5.32 Å². The first-order valence-corrected chi connectivity index (χ1v) is 7.82. The van der Waals surface area contributed by atoms with Crippen molar-refractivity contribution in [2.45, 2.75) is 25.6 Å². The van der Waals surface area contributed by atoms with E-state index in [-0.39, 0.29) is 6.04 Å². The van der Waals surface area contributed by atoms with Gasteiger partial charge in [0.25, 0.3) is 0 Å². The van der Waals surface area contributed by atoms with E-state index in [0.29, 0.717) is 0 Å². The van der Waals surface area contributed by atoms with Crippen molar-refractivity contribution in [3.05, 3.63) is 59.5 Å². The third kappa shape index (κ3) is 4.44. The van der Waals surface area contributed by atoms with Crippen LogP contribution in [0.2, 0.25) is 0 Å². The van der Waals surface area contributed by atoms with E-state index in [9.17, 15) is 0 Å². The van der Waals surface area contributed by atoms with E-state index >= 15 is 0 Å². The van der Waals surface area contributed by atoms with Crippen LogP contribution in [-0.4, -0.2) is 12.3 Å². The number of rotatable bonds is 7. The van der Waals surface area contributed by atoms with Crippen LogP contribution in [-0.2, 0) is 5.75 Å². The van der Waals surface area contributed by atoms with Gasteiger partial charge in [0.05, 0.1) is 12.3 Å². The smallest absolute Gasteiger partial charge is 0.120 e. The van der Waals surface area contributed by atoms with E-state index in [2.05, 4.69) is 43.4 Å². The molecule has 0 aliphatic heterocycles. The Morgan fingerprint density at radius 3 is 2.79 bits per heavy atom. The second kappa shape index (κ2) is 7.41. The Bertz CT molecular complexity index is 481. The fourth-order valence-corrected chi connectivity index (χ4v) is 2.89. The average molecular weight is 275 g/mol. The first-order valence-electron chi connectivity index (χ1n) is 6.66. The zero-order chi connectivity index (χ0) is 13.5. The fraction of sp³-hybridized carbons (Fsp3) is 0.375. The lowest BCUT2D eigenvalue weighted by molar-refractivity contribution is 0.438. The Morgan fingerprint density at radius 1 is 1.21 bits per heavy atom. The van der Waals surface area contributed by atoms with Crippen LogP contribution >= 0.6 is 11.8 Å². The Balaban J connectivity index is 1.64. The maximum atomic E-state index is 5.37. The van der Waals surface area contributed by atoms with E-state index in [4.69, 9.17) is 4.42 Å². The number of thioether (sulfide) groups is 1. The van der Waals surface area contributed by atoms with Crippen molar-refractivity contribution in [1.29, 1.82) is 0 Å². The van der Waals surface area contributed by atoms with Crippen LogP contribution in [0.3, 0.4) is 0 Å². The van der Waals surface area contributed by atoms with Crippen LogP contribution in [0.4, 0.5) is 0 Å². The molecule has 2 rings (SSSR count). The highest BCUT2D eigenvalue weighted by molar-refractivity contribution is 7.98. The number of nitrogens with one attached hydrogen (secondary N) is 1. The summed E-state index contributed by atoms with van der Waals surface area (Å²) in [5, 5.41) is 3.47. The summed E-state index contributed by atoms with van der Waals surface area (Å²) in [5.74, 6) is 3.20. The Hall–Kier alpha value is -1.19. The van der Waals surface area contributed by atoms with Gasteiger partial charge in [-0.15, -0.1) is 0 Å². The van der Waals surface area contributed by atoms with E-state index in [1.54, 1.807) is 6.26 Å². The molecular weight excluding hydrogens is 254 g/mol. The van der Waals surface area contributed by atoms with Gasteiger partial charge in [0.2, 0.25) is 0 Å².